The molecule has 1 N–H and O–H groups in total. The van der Waals surface area contributed by atoms with Crippen LogP contribution in [0.1, 0.15) is 20.3 Å². The van der Waals surface area contributed by atoms with E-state index in [1.807, 2.05) is 32.0 Å². The van der Waals surface area contributed by atoms with Gasteiger partial charge >= 0.3 is 0 Å². The highest BCUT2D eigenvalue weighted by Gasteiger charge is 2.15. The van der Waals surface area contributed by atoms with E-state index in [1.54, 1.807) is 0 Å². The fourth-order valence-electron chi connectivity index (χ4n) is 1.20. The summed E-state index contributed by atoms with van der Waals surface area (Å²) in [4.78, 5) is 0. The van der Waals surface area contributed by atoms with E-state index in [9.17, 15) is 0 Å². The summed E-state index contributed by atoms with van der Waals surface area (Å²) >= 11 is 9.41. The molecule has 0 saturated carbocycles. The van der Waals surface area contributed by atoms with E-state index in [-0.39, 0.29) is 5.41 Å². The van der Waals surface area contributed by atoms with Crippen LogP contribution >= 0.6 is 27.5 Å². The van der Waals surface area contributed by atoms with Gasteiger partial charge in [-0.05, 0) is 38.5 Å². The van der Waals surface area contributed by atoms with Crippen LogP contribution in [0.2, 0.25) is 5.02 Å². The van der Waals surface area contributed by atoms with Gasteiger partial charge in [-0.25, -0.2) is 0 Å². The van der Waals surface area contributed by atoms with Gasteiger partial charge in [-0.2, -0.15) is 5.26 Å². The zero-order valence-electron chi connectivity index (χ0n) is 9.35. The van der Waals surface area contributed by atoms with Crippen LogP contribution < -0.4 is 5.32 Å². The van der Waals surface area contributed by atoms with Crippen LogP contribution in [0.5, 0.6) is 0 Å². The largest absolute Gasteiger partial charge is 0.384 e. The van der Waals surface area contributed by atoms with Gasteiger partial charge in [0.15, 0.2) is 0 Å². The summed E-state index contributed by atoms with van der Waals surface area (Å²) in [5.74, 6) is 0. The van der Waals surface area contributed by atoms with Crippen LogP contribution in [-0.4, -0.2) is 6.54 Å². The quantitative estimate of drug-likeness (QED) is 0.891. The van der Waals surface area contributed by atoms with Crippen LogP contribution in [0.25, 0.3) is 0 Å². The monoisotopic (exact) mass is 300 g/mol. The first-order chi connectivity index (χ1) is 7.44. The van der Waals surface area contributed by atoms with Gasteiger partial charge in [0.1, 0.15) is 0 Å². The third-order valence-corrected chi connectivity index (χ3v) is 3.11. The van der Waals surface area contributed by atoms with E-state index < -0.39 is 0 Å². The molecule has 0 fully saturated rings. The normalized spacial score (nSPS) is 10.9. The van der Waals surface area contributed by atoms with Crippen LogP contribution in [0.3, 0.4) is 0 Å². The summed E-state index contributed by atoms with van der Waals surface area (Å²) in [6.07, 6.45) is 0.788. The second kappa shape index (κ2) is 5.56. The second-order valence-electron chi connectivity index (χ2n) is 4.30. The number of nitrogens with zero attached hydrogens (tertiary/aromatic N) is 1. The second-order valence-corrected chi connectivity index (χ2v) is 5.62. The third-order valence-electron chi connectivity index (χ3n) is 2.30. The maximum Gasteiger partial charge on any atom is 0.0684 e. The zero-order chi connectivity index (χ0) is 12.2. The Morgan fingerprint density at radius 3 is 2.75 bits per heavy atom. The van der Waals surface area contributed by atoms with Crippen molar-refractivity contribution in [2.75, 3.05) is 11.9 Å². The number of rotatable bonds is 4. The van der Waals surface area contributed by atoms with Gasteiger partial charge < -0.3 is 5.32 Å². The van der Waals surface area contributed by atoms with Crippen molar-refractivity contribution in [2.45, 2.75) is 20.3 Å². The summed E-state index contributed by atoms with van der Waals surface area (Å²) in [7, 11) is 0. The van der Waals surface area contributed by atoms with Crippen molar-refractivity contribution in [1.82, 2.24) is 0 Å². The van der Waals surface area contributed by atoms with Gasteiger partial charge in [0.2, 0.25) is 0 Å². The molecule has 86 valence electrons. The van der Waals surface area contributed by atoms with Gasteiger partial charge in [-0.3, -0.25) is 0 Å². The van der Waals surface area contributed by atoms with E-state index in [2.05, 4.69) is 27.3 Å². The average Bonchev–Trinajstić information content (AvgIpc) is 2.21. The molecule has 0 aromatic heterocycles. The molecule has 4 heteroatoms. The van der Waals surface area contributed by atoms with Crippen molar-refractivity contribution < 1.29 is 0 Å². The molecule has 1 aromatic rings. The molecular formula is C12H14BrClN2. The van der Waals surface area contributed by atoms with Gasteiger partial charge in [0, 0.05) is 11.0 Å². The summed E-state index contributed by atoms with van der Waals surface area (Å²) in [6, 6.07) is 7.97. The first-order valence-corrected chi connectivity index (χ1v) is 6.22. The lowest BCUT2D eigenvalue weighted by Gasteiger charge is -2.16. The molecule has 0 spiro atoms. The molecule has 2 nitrogen and oxygen atoms in total. The first-order valence-electron chi connectivity index (χ1n) is 5.05. The Hall–Kier alpha value is -0.720. The van der Waals surface area contributed by atoms with Crippen LogP contribution in [0, 0.1) is 16.7 Å². The number of anilines is 1. The summed E-state index contributed by atoms with van der Waals surface area (Å²) in [5, 5.41) is 12.8. The highest BCUT2D eigenvalue weighted by molar-refractivity contribution is 9.10. The fraction of sp³-hybridized carbons (Fsp3) is 0.417. The van der Waals surface area contributed by atoms with Crippen molar-refractivity contribution in [3.8, 4) is 6.07 Å². The number of benzene rings is 1. The van der Waals surface area contributed by atoms with E-state index in [0.29, 0.717) is 5.02 Å². The Balaban J connectivity index is 2.53. The SMILES string of the molecule is CC(C)(C#N)CCNc1ccc(Br)cc1Cl. The minimum atomic E-state index is -0.297. The van der Waals surface area contributed by atoms with Crippen molar-refractivity contribution >= 4 is 33.2 Å². The lowest BCUT2D eigenvalue weighted by molar-refractivity contribution is 0.466. The fourth-order valence-corrected chi connectivity index (χ4v) is 1.94. The van der Waals surface area contributed by atoms with Crippen molar-refractivity contribution in [3.05, 3.63) is 27.7 Å². The van der Waals surface area contributed by atoms with Crippen molar-refractivity contribution in [2.24, 2.45) is 5.41 Å². The lowest BCUT2D eigenvalue weighted by Crippen LogP contribution is -2.14. The first kappa shape index (κ1) is 13.3. The van der Waals surface area contributed by atoms with Crippen molar-refractivity contribution in [3.63, 3.8) is 0 Å². The summed E-state index contributed by atoms with van der Waals surface area (Å²) in [5.41, 5.74) is 0.605. The van der Waals surface area contributed by atoms with Crippen LogP contribution in [0.15, 0.2) is 22.7 Å². The molecule has 0 radical (unpaired) electrons. The Morgan fingerprint density at radius 2 is 2.19 bits per heavy atom. The smallest absolute Gasteiger partial charge is 0.0684 e. The summed E-state index contributed by atoms with van der Waals surface area (Å²) in [6.45, 7) is 4.59. The standard InChI is InChI=1S/C12H14BrClN2/c1-12(2,8-15)5-6-16-11-4-3-9(13)7-10(11)14/h3-4,7,16H,5-6H2,1-2H3. The number of nitriles is 1. The number of hydrogen-bond donors (Lipinski definition) is 1. The Kier molecular flexibility index (Phi) is 4.64. The van der Waals surface area contributed by atoms with Gasteiger partial charge in [0.25, 0.3) is 0 Å². The number of hydrogen-bond acceptors (Lipinski definition) is 2. The molecule has 0 bridgehead atoms. The van der Waals surface area contributed by atoms with Crippen LogP contribution in [-0.2, 0) is 0 Å². The molecule has 0 aliphatic heterocycles. The minimum absolute atomic E-state index is 0.297. The molecule has 0 aliphatic carbocycles. The number of halogens is 2. The Bertz CT molecular complexity index is 410. The predicted octanol–water partition coefficient (Wildman–Crippen LogP) is 4.45. The molecule has 0 aliphatic rings. The molecule has 0 unspecified atom stereocenters. The molecule has 0 saturated heterocycles. The van der Waals surface area contributed by atoms with E-state index in [0.717, 1.165) is 23.1 Å². The average molecular weight is 302 g/mol. The molecule has 0 heterocycles. The van der Waals surface area contributed by atoms with Gasteiger partial charge in [-0.15, -0.1) is 0 Å². The van der Waals surface area contributed by atoms with Crippen LogP contribution in [0.4, 0.5) is 5.69 Å². The Labute approximate surface area is 110 Å². The maximum atomic E-state index is 8.87. The van der Waals surface area contributed by atoms with E-state index >= 15 is 0 Å². The molecule has 16 heavy (non-hydrogen) atoms. The highest BCUT2D eigenvalue weighted by Crippen LogP contribution is 2.26. The molecular weight excluding hydrogens is 288 g/mol. The van der Waals surface area contributed by atoms with Gasteiger partial charge in [-0.1, -0.05) is 27.5 Å². The lowest BCUT2D eigenvalue weighted by atomic mass is 9.91. The minimum Gasteiger partial charge on any atom is -0.384 e. The molecule has 0 atom stereocenters. The Morgan fingerprint density at radius 1 is 1.50 bits per heavy atom. The summed E-state index contributed by atoms with van der Waals surface area (Å²) < 4.78 is 0.959. The zero-order valence-corrected chi connectivity index (χ0v) is 11.7. The third kappa shape index (κ3) is 4.03. The molecule has 0 amide bonds. The van der Waals surface area contributed by atoms with Crippen molar-refractivity contribution in [1.29, 1.82) is 5.26 Å². The number of nitrogens with one attached hydrogen (secondary N) is 1. The van der Waals surface area contributed by atoms with E-state index in [4.69, 9.17) is 16.9 Å². The van der Waals surface area contributed by atoms with E-state index in [1.165, 1.54) is 0 Å². The predicted molar refractivity (Wildman–Crippen MR) is 71.7 cm³/mol. The molecule has 1 rings (SSSR count). The topological polar surface area (TPSA) is 35.8 Å². The van der Waals surface area contributed by atoms with Gasteiger partial charge in [0.05, 0.1) is 22.2 Å². The maximum absolute atomic E-state index is 8.87. The molecule has 1 aromatic carbocycles. The highest BCUT2D eigenvalue weighted by atomic mass is 79.9.